The maximum absolute atomic E-state index is 2.46. The fraction of sp³-hybridized carbons (Fsp3) is 0.435. The molecule has 0 aliphatic heterocycles. The number of aryl methyl sites for hydroxylation is 1. The van der Waals surface area contributed by atoms with Gasteiger partial charge < -0.3 is 0 Å². The molecule has 0 amide bonds. The zero-order chi connectivity index (χ0) is 16.6. The van der Waals surface area contributed by atoms with Crippen LogP contribution in [0.15, 0.2) is 18.2 Å². The summed E-state index contributed by atoms with van der Waals surface area (Å²) in [6.07, 6.45) is 8.13. The molecule has 2 aromatic carbocycles. The second kappa shape index (κ2) is 6.51. The average molecular weight is 305 g/mol. The average Bonchev–Trinajstić information content (AvgIpc) is 2.98. The highest BCUT2D eigenvalue weighted by atomic mass is 14.3. The van der Waals surface area contributed by atoms with Crippen LogP contribution in [-0.2, 0) is 32.1 Å². The van der Waals surface area contributed by atoms with Gasteiger partial charge in [0.15, 0.2) is 0 Å². The van der Waals surface area contributed by atoms with Crippen molar-refractivity contribution in [3.63, 3.8) is 0 Å². The van der Waals surface area contributed by atoms with Crippen molar-refractivity contribution in [1.82, 2.24) is 0 Å². The summed E-state index contributed by atoms with van der Waals surface area (Å²) >= 11 is 0. The lowest BCUT2D eigenvalue weighted by Crippen LogP contribution is -2.07. The van der Waals surface area contributed by atoms with E-state index in [2.05, 4.69) is 59.2 Å². The van der Waals surface area contributed by atoms with Crippen LogP contribution >= 0.6 is 0 Å². The maximum atomic E-state index is 2.46. The molecule has 1 radical (unpaired) electrons. The Kier molecular flexibility index (Phi) is 4.62. The molecule has 0 bridgehead atoms. The quantitative estimate of drug-likeness (QED) is 0.536. The van der Waals surface area contributed by atoms with E-state index in [1.165, 1.54) is 22.3 Å². The van der Waals surface area contributed by atoms with E-state index in [1.54, 1.807) is 27.8 Å². The van der Waals surface area contributed by atoms with E-state index in [9.17, 15) is 0 Å². The van der Waals surface area contributed by atoms with E-state index in [0.29, 0.717) is 0 Å². The molecule has 3 rings (SSSR count). The number of fused-ring (bicyclic) bond motifs is 3. The monoisotopic (exact) mass is 305 g/mol. The fourth-order valence-electron chi connectivity index (χ4n) is 4.58. The molecule has 0 atom stereocenters. The van der Waals surface area contributed by atoms with Gasteiger partial charge in [0.25, 0.3) is 0 Å². The summed E-state index contributed by atoms with van der Waals surface area (Å²) in [6, 6.07) is 6.83. The molecule has 0 heteroatoms. The molecule has 1 aliphatic carbocycles. The predicted octanol–water partition coefficient (Wildman–Crippen LogP) is 6.08. The Morgan fingerprint density at radius 2 is 1.22 bits per heavy atom. The predicted molar refractivity (Wildman–Crippen MR) is 101 cm³/mol. The lowest BCUT2D eigenvalue weighted by Gasteiger charge is -2.23. The molecule has 0 spiro atoms. The summed E-state index contributed by atoms with van der Waals surface area (Å²) in [6.45, 7) is 11.6. The van der Waals surface area contributed by atoms with Crippen LogP contribution < -0.4 is 0 Å². The Balaban J connectivity index is 2.43. The Hall–Kier alpha value is -1.56. The molecule has 0 unspecified atom stereocenters. The first-order chi connectivity index (χ1) is 11.2. The van der Waals surface area contributed by atoms with Crippen LogP contribution in [0.3, 0.4) is 0 Å². The van der Waals surface area contributed by atoms with Crippen molar-refractivity contribution in [3.05, 3.63) is 63.6 Å². The summed E-state index contributed by atoms with van der Waals surface area (Å²) in [5, 5.41) is 0. The molecule has 2 aromatic rings. The van der Waals surface area contributed by atoms with E-state index in [4.69, 9.17) is 0 Å². The number of rotatable bonds is 5. The van der Waals surface area contributed by atoms with Gasteiger partial charge in [-0.25, -0.2) is 0 Å². The highest BCUT2D eigenvalue weighted by Gasteiger charge is 2.29. The third-order valence-corrected chi connectivity index (χ3v) is 5.52. The van der Waals surface area contributed by atoms with E-state index in [-0.39, 0.29) is 0 Å². The molecule has 121 valence electrons. The van der Waals surface area contributed by atoms with Gasteiger partial charge in [-0.05, 0) is 82.2 Å². The minimum atomic E-state index is 1.11. The minimum Gasteiger partial charge on any atom is -0.0617 e. The highest BCUT2D eigenvalue weighted by molar-refractivity contribution is 5.88. The number of hydrogen-bond donors (Lipinski definition) is 0. The first kappa shape index (κ1) is 16.3. The Morgan fingerprint density at radius 1 is 0.609 bits per heavy atom. The minimum absolute atomic E-state index is 1.11. The SMILES string of the molecule is CCc1cccc2c1-c1c(c(CC)c(CC)c(CC)c1CC)[CH]2. The van der Waals surface area contributed by atoms with Gasteiger partial charge in [0.05, 0.1) is 0 Å². The first-order valence-corrected chi connectivity index (χ1v) is 9.37. The van der Waals surface area contributed by atoms with Gasteiger partial charge in [0, 0.05) is 6.42 Å². The summed E-state index contributed by atoms with van der Waals surface area (Å²) in [5.41, 5.74) is 14.0. The third-order valence-electron chi connectivity index (χ3n) is 5.52. The van der Waals surface area contributed by atoms with Crippen LogP contribution in [0.1, 0.15) is 73.6 Å². The van der Waals surface area contributed by atoms with E-state index in [1.807, 2.05) is 0 Å². The fourth-order valence-corrected chi connectivity index (χ4v) is 4.58. The van der Waals surface area contributed by atoms with Crippen LogP contribution in [0, 0.1) is 6.42 Å². The zero-order valence-corrected chi connectivity index (χ0v) is 15.3. The normalized spacial score (nSPS) is 12.4. The van der Waals surface area contributed by atoms with Crippen molar-refractivity contribution in [2.75, 3.05) is 0 Å². The first-order valence-electron chi connectivity index (χ1n) is 9.37. The molecule has 0 saturated heterocycles. The zero-order valence-electron chi connectivity index (χ0n) is 15.3. The van der Waals surface area contributed by atoms with Gasteiger partial charge in [0.1, 0.15) is 0 Å². The maximum Gasteiger partial charge on any atom is 0.0215 e. The second-order valence-corrected chi connectivity index (χ2v) is 6.50. The smallest absolute Gasteiger partial charge is 0.0215 e. The van der Waals surface area contributed by atoms with Crippen molar-refractivity contribution < 1.29 is 0 Å². The molecule has 0 heterocycles. The highest BCUT2D eigenvalue weighted by Crippen LogP contribution is 2.47. The van der Waals surface area contributed by atoms with Crippen LogP contribution in [0.5, 0.6) is 0 Å². The topological polar surface area (TPSA) is 0 Å². The van der Waals surface area contributed by atoms with Crippen molar-refractivity contribution in [3.8, 4) is 11.1 Å². The summed E-state index contributed by atoms with van der Waals surface area (Å²) in [5.74, 6) is 0. The van der Waals surface area contributed by atoms with Gasteiger partial charge in [-0.1, -0.05) is 52.8 Å². The van der Waals surface area contributed by atoms with Gasteiger partial charge in [-0.2, -0.15) is 0 Å². The van der Waals surface area contributed by atoms with Gasteiger partial charge in [0.2, 0.25) is 0 Å². The number of hydrogen-bond acceptors (Lipinski definition) is 0. The lowest BCUT2D eigenvalue weighted by molar-refractivity contribution is 0.941. The van der Waals surface area contributed by atoms with Crippen molar-refractivity contribution in [2.45, 2.75) is 66.7 Å². The van der Waals surface area contributed by atoms with Crippen LogP contribution in [-0.4, -0.2) is 0 Å². The van der Waals surface area contributed by atoms with Gasteiger partial charge in [-0.3, -0.25) is 0 Å². The van der Waals surface area contributed by atoms with Crippen LogP contribution in [0.4, 0.5) is 0 Å². The van der Waals surface area contributed by atoms with E-state index < -0.39 is 0 Å². The summed E-state index contributed by atoms with van der Waals surface area (Å²) in [4.78, 5) is 0. The third kappa shape index (κ3) is 2.35. The van der Waals surface area contributed by atoms with E-state index >= 15 is 0 Å². The molecule has 0 aromatic heterocycles. The van der Waals surface area contributed by atoms with Crippen molar-refractivity contribution in [2.24, 2.45) is 0 Å². The summed E-state index contributed by atoms with van der Waals surface area (Å²) < 4.78 is 0. The van der Waals surface area contributed by atoms with Crippen LogP contribution in [0.25, 0.3) is 11.1 Å². The molecule has 0 fully saturated rings. The molecule has 0 saturated carbocycles. The van der Waals surface area contributed by atoms with E-state index in [0.717, 1.165) is 32.1 Å². The van der Waals surface area contributed by atoms with Crippen LogP contribution in [0.2, 0.25) is 0 Å². The number of benzene rings is 2. The molecule has 1 aliphatic rings. The molecular weight excluding hydrogens is 276 g/mol. The molecule has 23 heavy (non-hydrogen) atoms. The molecule has 0 nitrogen and oxygen atoms in total. The molecular formula is C23H29. The van der Waals surface area contributed by atoms with Gasteiger partial charge >= 0.3 is 0 Å². The summed E-state index contributed by atoms with van der Waals surface area (Å²) in [7, 11) is 0. The van der Waals surface area contributed by atoms with Crippen molar-refractivity contribution in [1.29, 1.82) is 0 Å². The Bertz CT molecular complexity index is 734. The van der Waals surface area contributed by atoms with Crippen molar-refractivity contribution >= 4 is 0 Å². The lowest BCUT2D eigenvalue weighted by atomic mass is 9.82. The molecule has 0 N–H and O–H groups in total. The largest absolute Gasteiger partial charge is 0.0617 e. The Morgan fingerprint density at radius 3 is 1.78 bits per heavy atom. The standard InChI is InChI=1S/C23H29/c1-6-15-12-11-13-16-14-21-19(9-4)17(7-2)18(8-3)20(10-5)23(21)22(15)16/h11-14H,6-10H2,1-5H3. The second-order valence-electron chi connectivity index (χ2n) is 6.50. The van der Waals surface area contributed by atoms with Gasteiger partial charge in [-0.15, -0.1) is 0 Å². The Labute approximate surface area is 141 Å².